The average molecular weight is 270 g/mol. The highest BCUT2D eigenvalue weighted by Crippen LogP contribution is 2.30. The molecule has 2 atom stereocenters. The summed E-state index contributed by atoms with van der Waals surface area (Å²) in [5.74, 6) is 1.23. The Balaban J connectivity index is 1.83. The summed E-state index contributed by atoms with van der Waals surface area (Å²) < 4.78 is 0. The van der Waals surface area contributed by atoms with Crippen molar-refractivity contribution in [3.63, 3.8) is 0 Å². The van der Waals surface area contributed by atoms with E-state index in [1.807, 2.05) is 12.1 Å². The smallest absolute Gasteiger partial charge is 0.0406 e. The highest BCUT2D eigenvalue weighted by atomic mass is 35.5. The first-order valence-electron chi connectivity index (χ1n) is 6.39. The van der Waals surface area contributed by atoms with Gasteiger partial charge in [-0.15, -0.1) is 0 Å². The van der Waals surface area contributed by atoms with E-state index in [2.05, 4.69) is 36.1 Å². The van der Waals surface area contributed by atoms with Crippen molar-refractivity contribution in [2.24, 2.45) is 0 Å². The fraction of sp³-hybridized carbons (Fsp3) is 0.571. The van der Waals surface area contributed by atoms with E-state index in [-0.39, 0.29) is 0 Å². The van der Waals surface area contributed by atoms with Crippen molar-refractivity contribution >= 4 is 23.4 Å². The molecule has 1 nitrogen and oxygen atoms in total. The molecule has 1 saturated carbocycles. The summed E-state index contributed by atoms with van der Waals surface area (Å²) in [4.78, 5) is 0. The second-order valence-electron chi connectivity index (χ2n) is 4.54. The molecular weight excluding hydrogens is 250 g/mol. The minimum absolute atomic E-state index is 0.690. The van der Waals surface area contributed by atoms with Crippen molar-refractivity contribution in [1.29, 1.82) is 0 Å². The van der Waals surface area contributed by atoms with Crippen LogP contribution in [-0.4, -0.2) is 17.0 Å². The van der Waals surface area contributed by atoms with Crippen LogP contribution in [0.5, 0.6) is 0 Å². The molecule has 1 N–H and O–H groups in total. The Bertz CT molecular complexity index is 339. The normalized spacial score (nSPS) is 24.1. The van der Waals surface area contributed by atoms with Crippen molar-refractivity contribution in [1.82, 2.24) is 5.32 Å². The molecule has 0 radical (unpaired) electrons. The van der Waals surface area contributed by atoms with Gasteiger partial charge in [0.2, 0.25) is 0 Å². The molecule has 2 rings (SSSR count). The number of halogens is 1. The molecule has 0 spiro atoms. The van der Waals surface area contributed by atoms with Gasteiger partial charge in [-0.1, -0.05) is 37.1 Å². The molecule has 3 heteroatoms. The predicted octanol–water partition coefficient (Wildman–Crippen LogP) is 4.10. The first-order valence-corrected chi connectivity index (χ1v) is 7.81. The second kappa shape index (κ2) is 6.67. The van der Waals surface area contributed by atoms with Gasteiger partial charge in [0.1, 0.15) is 0 Å². The zero-order valence-corrected chi connectivity index (χ0v) is 11.9. The minimum Gasteiger partial charge on any atom is -0.309 e. The van der Waals surface area contributed by atoms with Gasteiger partial charge in [0, 0.05) is 22.9 Å². The van der Waals surface area contributed by atoms with Crippen molar-refractivity contribution in [3.05, 3.63) is 34.9 Å². The summed E-state index contributed by atoms with van der Waals surface area (Å²) in [6.45, 7) is 3.21. The zero-order valence-electron chi connectivity index (χ0n) is 10.3. The Hall–Kier alpha value is -0.180. The molecule has 0 aliphatic heterocycles. The average Bonchev–Trinajstić information content (AvgIpc) is 2.77. The molecule has 1 aromatic carbocycles. The third-order valence-electron chi connectivity index (χ3n) is 3.31. The first-order chi connectivity index (χ1) is 8.29. The van der Waals surface area contributed by atoms with E-state index in [4.69, 9.17) is 11.6 Å². The van der Waals surface area contributed by atoms with Crippen LogP contribution in [0.15, 0.2) is 24.3 Å². The first kappa shape index (κ1) is 13.3. The largest absolute Gasteiger partial charge is 0.309 e. The summed E-state index contributed by atoms with van der Waals surface area (Å²) >= 11 is 7.98. The van der Waals surface area contributed by atoms with Gasteiger partial charge in [-0.25, -0.2) is 0 Å². The maximum Gasteiger partial charge on any atom is 0.0406 e. The van der Waals surface area contributed by atoms with E-state index in [1.54, 1.807) is 0 Å². The summed E-state index contributed by atoms with van der Waals surface area (Å²) in [7, 11) is 0. The number of nitrogens with one attached hydrogen (secondary N) is 1. The van der Waals surface area contributed by atoms with Crippen LogP contribution >= 0.6 is 23.4 Å². The Morgan fingerprint density at radius 1 is 1.29 bits per heavy atom. The highest BCUT2D eigenvalue weighted by molar-refractivity contribution is 7.99. The van der Waals surface area contributed by atoms with E-state index in [0.29, 0.717) is 6.04 Å². The Labute approximate surface area is 113 Å². The van der Waals surface area contributed by atoms with Crippen LogP contribution in [0, 0.1) is 0 Å². The molecule has 0 amide bonds. The van der Waals surface area contributed by atoms with E-state index < -0.39 is 0 Å². The van der Waals surface area contributed by atoms with Crippen LogP contribution in [-0.2, 0) is 6.54 Å². The van der Waals surface area contributed by atoms with Crippen LogP contribution in [0.2, 0.25) is 5.02 Å². The summed E-state index contributed by atoms with van der Waals surface area (Å²) in [5, 5.41) is 5.31. The fourth-order valence-corrected chi connectivity index (χ4v) is 3.78. The molecule has 0 heterocycles. The lowest BCUT2D eigenvalue weighted by molar-refractivity contribution is 0.532. The summed E-state index contributed by atoms with van der Waals surface area (Å²) in [6, 6.07) is 8.82. The molecule has 1 aliphatic rings. The zero-order chi connectivity index (χ0) is 12.1. The monoisotopic (exact) mass is 269 g/mol. The second-order valence-corrected chi connectivity index (χ2v) is 6.49. The van der Waals surface area contributed by atoms with Crippen molar-refractivity contribution in [2.75, 3.05) is 5.75 Å². The molecule has 1 aromatic rings. The standard InChI is InChI=1S/C14H20ClNS/c1-2-17-14-5-3-4-13(14)16-10-11-6-8-12(15)9-7-11/h6-9,13-14,16H,2-5,10H2,1H3. The molecule has 0 saturated heterocycles. The molecule has 0 aromatic heterocycles. The van der Waals surface area contributed by atoms with Gasteiger partial charge < -0.3 is 5.32 Å². The fourth-order valence-electron chi connectivity index (χ4n) is 2.42. The third-order valence-corrected chi connectivity index (χ3v) is 4.89. The Morgan fingerprint density at radius 3 is 2.76 bits per heavy atom. The SMILES string of the molecule is CCSC1CCCC1NCc1ccc(Cl)cc1. The van der Waals surface area contributed by atoms with Gasteiger partial charge in [0.25, 0.3) is 0 Å². The summed E-state index contributed by atoms with van der Waals surface area (Å²) in [5.41, 5.74) is 1.32. The van der Waals surface area contributed by atoms with Gasteiger partial charge in [-0.3, -0.25) is 0 Å². The van der Waals surface area contributed by atoms with Crippen LogP contribution in [0.25, 0.3) is 0 Å². The minimum atomic E-state index is 0.690. The van der Waals surface area contributed by atoms with E-state index >= 15 is 0 Å². The van der Waals surface area contributed by atoms with E-state index in [0.717, 1.165) is 16.8 Å². The highest BCUT2D eigenvalue weighted by Gasteiger charge is 2.26. The molecule has 1 aliphatic carbocycles. The maximum atomic E-state index is 5.88. The van der Waals surface area contributed by atoms with E-state index in [1.165, 1.54) is 30.6 Å². The Morgan fingerprint density at radius 2 is 2.06 bits per heavy atom. The van der Waals surface area contributed by atoms with Crippen molar-refractivity contribution in [3.8, 4) is 0 Å². The van der Waals surface area contributed by atoms with Gasteiger partial charge >= 0.3 is 0 Å². The number of rotatable bonds is 5. The number of hydrogen-bond acceptors (Lipinski definition) is 2. The van der Waals surface area contributed by atoms with Crippen LogP contribution in [0.4, 0.5) is 0 Å². The number of thioether (sulfide) groups is 1. The quantitative estimate of drug-likeness (QED) is 0.864. The molecule has 17 heavy (non-hydrogen) atoms. The molecule has 94 valence electrons. The van der Waals surface area contributed by atoms with Gasteiger partial charge in [0.05, 0.1) is 0 Å². The third kappa shape index (κ3) is 3.90. The maximum absolute atomic E-state index is 5.88. The predicted molar refractivity (Wildman–Crippen MR) is 77.9 cm³/mol. The van der Waals surface area contributed by atoms with Crippen LogP contribution in [0.3, 0.4) is 0 Å². The summed E-state index contributed by atoms with van der Waals surface area (Å²) in [6.07, 6.45) is 4.07. The molecule has 2 unspecified atom stereocenters. The molecule has 1 fully saturated rings. The van der Waals surface area contributed by atoms with Gasteiger partial charge in [0.15, 0.2) is 0 Å². The molecular formula is C14H20ClNS. The molecule has 0 bridgehead atoms. The lowest BCUT2D eigenvalue weighted by Crippen LogP contribution is -2.33. The van der Waals surface area contributed by atoms with Gasteiger partial charge in [-0.2, -0.15) is 11.8 Å². The van der Waals surface area contributed by atoms with Crippen LogP contribution < -0.4 is 5.32 Å². The van der Waals surface area contributed by atoms with Crippen molar-refractivity contribution in [2.45, 2.75) is 44.0 Å². The van der Waals surface area contributed by atoms with Crippen molar-refractivity contribution < 1.29 is 0 Å². The van der Waals surface area contributed by atoms with E-state index in [9.17, 15) is 0 Å². The number of hydrogen-bond donors (Lipinski definition) is 1. The van der Waals surface area contributed by atoms with Gasteiger partial charge in [-0.05, 0) is 36.3 Å². The topological polar surface area (TPSA) is 12.0 Å². The lowest BCUT2D eigenvalue weighted by Gasteiger charge is -2.20. The number of benzene rings is 1. The van der Waals surface area contributed by atoms with Crippen LogP contribution in [0.1, 0.15) is 31.7 Å². The Kier molecular flexibility index (Phi) is 5.20. The lowest BCUT2D eigenvalue weighted by atomic mass is 10.2.